The highest BCUT2D eigenvalue weighted by Crippen LogP contribution is 2.27. The summed E-state index contributed by atoms with van der Waals surface area (Å²) in [4.78, 5) is 12.9. The quantitative estimate of drug-likeness (QED) is 0.508. The predicted molar refractivity (Wildman–Crippen MR) is 91.0 cm³/mol. The van der Waals surface area contributed by atoms with Crippen LogP contribution in [0.2, 0.25) is 0 Å². The van der Waals surface area contributed by atoms with E-state index >= 15 is 0 Å². The molecule has 0 aliphatic heterocycles. The Morgan fingerprint density at radius 3 is 2.88 bits per heavy atom. The summed E-state index contributed by atoms with van der Waals surface area (Å²) in [5.41, 5.74) is 3.56. The van der Waals surface area contributed by atoms with Crippen molar-refractivity contribution in [2.24, 2.45) is 0 Å². The van der Waals surface area contributed by atoms with Gasteiger partial charge in [-0.05, 0) is 18.2 Å². The van der Waals surface area contributed by atoms with E-state index in [1.165, 1.54) is 6.39 Å². The molecule has 0 saturated carbocycles. The van der Waals surface area contributed by atoms with Crippen molar-refractivity contribution in [2.75, 3.05) is 0 Å². The van der Waals surface area contributed by atoms with Gasteiger partial charge in [-0.3, -0.25) is 4.57 Å². The molecule has 5 rings (SSSR count). The summed E-state index contributed by atoms with van der Waals surface area (Å²) < 4.78 is 9.13. The number of oxazole rings is 1. The number of nitrogens with zero attached hydrogens (tertiary/aromatic N) is 6. The fourth-order valence-corrected chi connectivity index (χ4v) is 2.86. The van der Waals surface area contributed by atoms with Crippen molar-refractivity contribution >= 4 is 5.65 Å². The van der Waals surface area contributed by atoms with Gasteiger partial charge in [0.1, 0.15) is 5.82 Å². The number of hydrogen-bond acceptors (Lipinski definition) is 5. The van der Waals surface area contributed by atoms with E-state index in [1.807, 2.05) is 47.3 Å². The second kappa shape index (κ2) is 5.41. The minimum atomic E-state index is 0.723. The Balaban J connectivity index is 1.66. The summed E-state index contributed by atoms with van der Waals surface area (Å²) in [5, 5.41) is 4.35. The number of hydrogen-bond donors (Lipinski definition) is 0. The van der Waals surface area contributed by atoms with E-state index < -0.39 is 0 Å². The maximum atomic E-state index is 5.39. The molecule has 0 fully saturated rings. The molecule has 0 aliphatic carbocycles. The summed E-state index contributed by atoms with van der Waals surface area (Å²) >= 11 is 0. The smallest absolute Gasteiger partial charge is 0.181 e. The van der Waals surface area contributed by atoms with Crippen LogP contribution in [0, 0.1) is 0 Å². The van der Waals surface area contributed by atoms with Crippen molar-refractivity contribution in [3.63, 3.8) is 0 Å². The van der Waals surface area contributed by atoms with Crippen molar-refractivity contribution in [1.29, 1.82) is 0 Å². The van der Waals surface area contributed by atoms with E-state index in [9.17, 15) is 0 Å². The highest BCUT2D eigenvalue weighted by atomic mass is 16.3. The molecule has 4 aromatic heterocycles. The van der Waals surface area contributed by atoms with Crippen molar-refractivity contribution in [2.45, 2.75) is 0 Å². The lowest BCUT2D eigenvalue weighted by Gasteiger charge is -2.08. The summed E-state index contributed by atoms with van der Waals surface area (Å²) in [6.07, 6.45) is 12.2. The molecule has 7 heteroatoms. The van der Waals surface area contributed by atoms with Gasteiger partial charge < -0.3 is 4.42 Å². The lowest BCUT2D eigenvalue weighted by molar-refractivity contribution is 0.572. The van der Waals surface area contributed by atoms with Crippen molar-refractivity contribution in [1.82, 2.24) is 29.1 Å². The Hall–Kier alpha value is -3.74. The van der Waals surface area contributed by atoms with Gasteiger partial charge in [-0.25, -0.2) is 19.5 Å². The Bertz CT molecular complexity index is 1160. The van der Waals surface area contributed by atoms with Crippen LogP contribution in [0.4, 0.5) is 0 Å². The molecular formula is C18H12N6O. The summed E-state index contributed by atoms with van der Waals surface area (Å²) in [6.45, 7) is 0. The standard InChI is InChI=1S/C18H12N6O/c1-3-13(16-11-19-12-25-16)9-14(4-1)23-8-6-21-17(23)15-10-22-24-7-2-5-20-18(15)24/h1-12H. The first-order valence-corrected chi connectivity index (χ1v) is 7.71. The van der Waals surface area contributed by atoms with Gasteiger partial charge in [0.15, 0.2) is 17.8 Å². The topological polar surface area (TPSA) is 74.0 Å². The van der Waals surface area contributed by atoms with E-state index in [4.69, 9.17) is 4.42 Å². The van der Waals surface area contributed by atoms with Gasteiger partial charge in [0, 0.05) is 36.0 Å². The molecule has 4 heterocycles. The molecule has 0 amide bonds. The highest BCUT2D eigenvalue weighted by Gasteiger charge is 2.14. The molecule has 25 heavy (non-hydrogen) atoms. The Kier molecular flexibility index (Phi) is 2.96. The number of benzene rings is 1. The number of fused-ring (bicyclic) bond motifs is 1. The third-order valence-corrected chi connectivity index (χ3v) is 4.00. The molecule has 0 radical (unpaired) electrons. The number of rotatable bonds is 3. The van der Waals surface area contributed by atoms with Gasteiger partial charge >= 0.3 is 0 Å². The van der Waals surface area contributed by atoms with Crippen molar-refractivity contribution in [3.8, 4) is 28.4 Å². The normalized spacial score (nSPS) is 11.2. The third kappa shape index (κ3) is 2.21. The van der Waals surface area contributed by atoms with Crippen molar-refractivity contribution in [3.05, 3.63) is 73.9 Å². The second-order valence-corrected chi connectivity index (χ2v) is 5.48. The minimum Gasteiger partial charge on any atom is -0.444 e. The van der Waals surface area contributed by atoms with Gasteiger partial charge in [0.2, 0.25) is 0 Å². The van der Waals surface area contributed by atoms with E-state index in [2.05, 4.69) is 20.1 Å². The van der Waals surface area contributed by atoms with Crippen molar-refractivity contribution < 1.29 is 4.42 Å². The molecule has 0 saturated heterocycles. The fraction of sp³-hybridized carbons (Fsp3) is 0. The Morgan fingerprint density at radius 2 is 1.96 bits per heavy atom. The van der Waals surface area contributed by atoms with Crippen LogP contribution in [0.15, 0.2) is 78.3 Å². The van der Waals surface area contributed by atoms with Crippen LogP contribution in [0.25, 0.3) is 34.0 Å². The van der Waals surface area contributed by atoms with Crippen LogP contribution in [0.5, 0.6) is 0 Å². The lowest BCUT2D eigenvalue weighted by Crippen LogP contribution is -1.97. The largest absolute Gasteiger partial charge is 0.444 e. The van der Waals surface area contributed by atoms with Crippen LogP contribution in [0.3, 0.4) is 0 Å². The van der Waals surface area contributed by atoms with E-state index in [0.29, 0.717) is 0 Å². The van der Waals surface area contributed by atoms with Gasteiger partial charge in [-0.2, -0.15) is 5.10 Å². The van der Waals surface area contributed by atoms with Gasteiger partial charge in [0.05, 0.1) is 18.0 Å². The zero-order valence-electron chi connectivity index (χ0n) is 13.0. The molecule has 0 aliphatic rings. The van der Waals surface area contributed by atoms with Crippen LogP contribution >= 0.6 is 0 Å². The first kappa shape index (κ1) is 13.7. The second-order valence-electron chi connectivity index (χ2n) is 5.48. The predicted octanol–water partition coefficient (Wildman–Crippen LogP) is 3.24. The molecule has 1 aromatic carbocycles. The average molecular weight is 328 g/mol. The fourth-order valence-electron chi connectivity index (χ4n) is 2.86. The molecule has 0 atom stereocenters. The monoisotopic (exact) mass is 328 g/mol. The first-order chi connectivity index (χ1) is 12.4. The van der Waals surface area contributed by atoms with E-state index in [1.54, 1.807) is 29.3 Å². The lowest BCUT2D eigenvalue weighted by atomic mass is 10.1. The SMILES string of the molecule is c1cc(-c2cnco2)cc(-n2ccnc2-c2cnn3cccnc23)c1. The zero-order valence-corrected chi connectivity index (χ0v) is 13.0. The molecule has 0 unspecified atom stereocenters. The molecule has 7 nitrogen and oxygen atoms in total. The summed E-state index contributed by atoms with van der Waals surface area (Å²) in [7, 11) is 0. The zero-order chi connectivity index (χ0) is 16.6. The third-order valence-electron chi connectivity index (χ3n) is 4.00. The van der Waals surface area contributed by atoms with Gasteiger partial charge in [-0.1, -0.05) is 12.1 Å². The van der Waals surface area contributed by atoms with Crippen LogP contribution in [-0.4, -0.2) is 29.1 Å². The van der Waals surface area contributed by atoms with Crippen LogP contribution in [0.1, 0.15) is 0 Å². The molecular weight excluding hydrogens is 316 g/mol. The van der Waals surface area contributed by atoms with E-state index in [0.717, 1.165) is 34.0 Å². The summed E-state index contributed by atoms with van der Waals surface area (Å²) in [6, 6.07) is 9.86. The van der Waals surface area contributed by atoms with E-state index in [-0.39, 0.29) is 0 Å². The molecule has 0 N–H and O–H groups in total. The van der Waals surface area contributed by atoms with Crippen LogP contribution in [-0.2, 0) is 0 Å². The molecule has 0 bridgehead atoms. The number of aromatic nitrogens is 6. The van der Waals surface area contributed by atoms with Crippen LogP contribution < -0.4 is 0 Å². The maximum Gasteiger partial charge on any atom is 0.181 e. The maximum absolute atomic E-state index is 5.39. The Morgan fingerprint density at radius 1 is 0.960 bits per heavy atom. The molecule has 0 spiro atoms. The van der Waals surface area contributed by atoms with Gasteiger partial charge in [-0.15, -0.1) is 0 Å². The first-order valence-electron chi connectivity index (χ1n) is 7.71. The van der Waals surface area contributed by atoms with Gasteiger partial charge in [0.25, 0.3) is 0 Å². The number of imidazole rings is 1. The molecule has 120 valence electrons. The summed E-state index contributed by atoms with van der Waals surface area (Å²) in [5.74, 6) is 1.50. The minimum absolute atomic E-state index is 0.723. The highest BCUT2D eigenvalue weighted by molar-refractivity contribution is 5.74. The molecule has 5 aromatic rings. The average Bonchev–Trinajstić information content (AvgIpc) is 3.40. The Labute approximate surface area is 142 Å².